The smallest absolute Gasteiger partial charge is 0.244 e. The van der Waals surface area contributed by atoms with E-state index in [1.807, 2.05) is 23.2 Å². The summed E-state index contributed by atoms with van der Waals surface area (Å²) in [7, 11) is 0. The molecule has 0 saturated carbocycles. The molecule has 3 heterocycles. The molecule has 2 aliphatic rings. The van der Waals surface area contributed by atoms with E-state index in [2.05, 4.69) is 22.1 Å². The first-order valence-corrected chi connectivity index (χ1v) is 7.92. The number of pyridine rings is 1. The molecule has 1 amide bonds. The van der Waals surface area contributed by atoms with Crippen LogP contribution in [-0.4, -0.2) is 59.5 Å². The third kappa shape index (κ3) is 3.24. The van der Waals surface area contributed by atoms with Crippen LogP contribution in [0.2, 0.25) is 0 Å². The number of rotatable bonds is 3. The molecule has 21 heavy (non-hydrogen) atoms. The Hall–Kier alpha value is -1.46. The van der Waals surface area contributed by atoms with Crippen LogP contribution in [-0.2, 0) is 4.79 Å². The summed E-state index contributed by atoms with van der Waals surface area (Å²) < 4.78 is 0. The Morgan fingerprint density at radius 1 is 1.38 bits per heavy atom. The Morgan fingerprint density at radius 2 is 2.19 bits per heavy atom. The molecule has 2 saturated heterocycles. The summed E-state index contributed by atoms with van der Waals surface area (Å²) in [4.78, 5) is 21.5. The molecule has 2 aliphatic heterocycles. The van der Waals surface area contributed by atoms with Crippen molar-refractivity contribution in [1.29, 1.82) is 0 Å². The lowest BCUT2D eigenvalue weighted by Gasteiger charge is -2.38. The molecule has 3 rings (SSSR count). The van der Waals surface area contributed by atoms with E-state index in [0.29, 0.717) is 6.04 Å². The average Bonchev–Trinajstić information content (AvgIpc) is 3.03. The highest BCUT2D eigenvalue weighted by atomic mass is 16.2. The molecule has 0 aromatic carbocycles. The molecule has 0 spiro atoms. The highest BCUT2D eigenvalue weighted by Gasteiger charge is 2.34. The van der Waals surface area contributed by atoms with E-state index in [0.717, 1.165) is 51.1 Å². The summed E-state index contributed by atoms with van der Waals surface area (Å²) in [5.74, 6) is 0.245. The normalized spacial score (nSPS) is 25.0. The number of likely N-dealkylation sites (tertiary alicyclic amines) is 1. The molecule has 0 aliphatic carbocycles. The maximum absolute atomic E-state index is 13.0. The number of carbonyl (C=O) groups is 1. The minimum Gasteiger partial charge on any atom is -0.341 e. The Labute approximate surface area is 126 Å². The standard InChI is InChI=1S/C16H24N4O/c1-13-12-20(10-7-18-13)15(14-5-4-6-17-11-14)16(21)19-8-2-3-9-19/h4-6,11,13,15,18H,2-3,7-10,12H2,1H3. The maximum Gasteiger partial charge on any atom is 0.244 e. The number of carbonyl (C=O) groups excluding carboxylic acids is 1. The van der Waals surface area contributed by atoms with E-state index >= 15 is 0 Å². The quantitative estimate of drug-likeness (QED) is 0.903. The van der Waals surface area contributed by atoms with E-state index in [1.165, 1.54) is 0 Å². The fraction of sp³-hybridized carbons (Fsp3) is 0.625. The van der Waals surface area contributed by atoms with Gasteiger partial charge >= 0.3 is 0 Å². The zero-order valence-corrected chi connectivity index (χ0v) is 12.7. The second-order valence-electron chi connectivity index (χ2n) is 6.07. The van der Waals surface area contributed by atoms with Crippen LogP contribution in [0.1, 0.15) is 31.4 Å². The molecule has 0 bridgehead atoms. The van der Waals surface area contributed by atoms with Crippen LogP contribution in [0.5, 0.6) is 0 Å². The Bertz CT molecular complexity index is 472. The van der Waals surface area contributed by atoms with Gasteiger partial charge in [-0.05, 0) is 31.4 Å². The van der Waals surface area contributed by atoms with Crippen molar-refractivity contribution in [3.63, 3.8) is 0 Å². The van der Waals surface area contributed by atoms with Crippen molar-refractivity contribution in [2.24, 2.45) is 0 Å². The summed E-state index contributed by atoms with van der Waals surface area (Å²) in [5.41, 5.74) is 1.02. The first kappa shape index (κ1) is 14.5. The van der Waals surface area contributed by atoms with Crippen molar-refractivity contribution in [2.75, 3.05) is 32.7 Å². The van der Waals surface area contributed by atoms with Gasteiger partial charge in [0.1, 0.15) is 6.04 Å². The average molecular weight is 288 g/mol. The van der Waals surface area contributed by atoms with Gasteiger partial charge in [-0.25, -0.2) is 0 Å². The van der Waals surface area contributed by atoms with Crippen molar-refractivity contribution < 1.29 is 4.79 Å². The fourth-order valence-electron chi connectivity index (χ4n) is 3.35. The van der Waals surface area contributed by atoms with Gasteiger partial charge in [-0.2, -0.15) is 0 Å². The van der Waals surface area contributed by atoms with E-state index in [9.17, 15) is 4.79 Å². The summed E-state index contributed by atoms with van der Waals surface area (Å²) in [6.45, 7) is 6.72. The molecule has 1 aromatic rings. The molecule has 5 nitrogen and oxygen atoms in total. The third-order valence-electron chi connectivity index (χ3n) is 4.42. The van der Waals surface area contributed by atoms with Crippen molar-refractivity contribution in [3.8, 4) is 0 Å². The number of hydrogen-bond acceptors (Lipinski definition) is 4. The van der Waals surface area contributed by atoms with Crippen molar-refractivity contribution >= 4 is 5.91 Å². The predicted molar refractivity (Wildman–Crippen MR) is 81.8 cm³/mol. The number of amides is 1. The molecule has 2 fully saturated rings. The minimum atomic E-state index is -0.179. The van der Waals surface area contributed by atoms with Crippen molar-refractivity contribution in [2.45, 2.75) is 31.8 Å². The van der Waals surface area contributed by atoms with Gasteiger partial charge in [0, 0.05) is 51.2 Å². The second-order valence-corrected chi connectivity index (χ2v) is 6.07. The molecule has 2 atom stereocenters. The van der Waals surface area contributed by atoms with Crippen LogP contribution in [0.3, 0.4) is 0 Å². The first-order valence-electron chi connectivity index (χ1n) is 7.92. The molecular weight excluding hydrogens is 264 g/mol. The summed E-state index contributed by atoms with van der Waals surface area (Å²) >= 11 is 0. The van der Waals surface area contributed by atoms with Crippen LogP contribution in [0, 0.1) is 0 Å². The maximum atomic E-state index is 13.0. The summed E-state index contributed by atoms with van der Waals surface area (Å²) in [6, 6.07) is 4.19. The fourth-order valence-corrected chi connectivity index (χ4v) is 3.35. The summed E-state index contributed by atoms with van der Waals surface area (Å²) in [6.07, 6.45) is 5.86. The molecule has 1 aromatic heterocycles. The highest BCUT2D eigenvalue weighted by Crippen LogP contribution is 2.25. The van der Waals surface area contributed by atoms with Crippen molar-refractivity contribution in [3.05, 3.63) is 30.1 Å². The van der Waals surface area contributed by atoms with Crippen LogP contribution in [0.15, 0.2) is 24.5 Å². The van der Waals surface area contributed by atoms with Gasteiger partial charge in [0.05, 0.1) is 0 Å². The van der Waals surface area contributed by atoms with Crippen LogP contribution >= 0.6 is 0 Å². The number of nitrogens with zero attached hydrogens (tertiary/aromatic N) is 3. The van der Waals surface area contributed by atoms with Crippen molar-refractivity contribution in [1.82, 2.24) is 20.1 Å². The van der Waals surface area contributed by atoms with Gasteiger partial charge in [0.2, 0.25) is 5.91 Å². The van der Waals surface area contributed by atoms with Gasteiger partial charge in [-0.3, -0.25) is 14.7 Å². The third-order valence-corrected chi connectivity index (χ3v) is 4.42. The lowest BCUT2D eigenvalue weighted by molar-refractivity contribution is -0.136. The number of aromatic nitrogens is 1. The lowest BCUT2D eigenvalue weighted by atomic mass is 10.0. The van der Waals surface area contributed by atoms with Gasteiger partial charge in [0.15, 0.2) is 0 Å². The molecule has 1 N–H and O–H groups in total. The van der Waals surface area contributed by atoms with Crippen LogP contribution in [0.4, 0.5) is 0 Å². The first-order chi connectivity index (χ1) is 10.3. The van der Waals surface area contributed by atoms with Gasteiger partial charge in [0.25, 0.3) is 0 Å². The monoisotopic (exact) mass is 288 g/mol. The van der Waals surface area contributed by atoms with Crippen LogP contribution < -0.4 is 5.32 Å². The highest BCUT2D eigenvalue weighted by molar-refractivity contribution is 5.83. The van der Waals surface area contributed by atoms with E-state index < -0.39 is 0 Å². The Balaban J connectivity index is 1.85. The van der Waals surface area contributed by atoms with E-state index in [1.54, 1.807) is 6.20 Å². The Kier molecular flexibility index (Phi) is 4.51. The number of nitrogens with one attached hydrogen (secondary N) is 1. The van der Waals surface area contributed by atoms with E-state index in [-0.39, 0.29) is 11.9 Å². The van der Waals surface area contributed by atoms with Gasteiger partial charge < -0.3 is 10.2 Å². The summed E-state index contributed by atoms with van der Waals surface area (Å²) in [5, 5.41) is 3.44. The molecular formula is C16H24N4O. The molecule has 2 unspecified atom stereocenters. The van der Waals surface area contributed by atoms with Gasteiger partial charge in [-0.15, -0.1) is 0 Å². The van der Waals surface area contributed by atoms with E-state index in [4.69, 9.17) is 0 Å². The number of piperazine rings is 1. The predicted octanol–water partition coefficient (Wildman–Crippen LogP) is 1.04. The largest absolute Gasteiger partial charge is 0.341 e. The van der Waals surface area contributed by atoms with Gasteiger partial charge in [-0.1, -0.05) is 6.07 Å². The Morgan fingerprint density at radius 3 is 2.86 bits per heavy atom. The minimum absolute atomic E-state index is 0.179. The van der Waals surface area contributed by atoms with Crippen LogP contribution in [0.25, 0.3) is 0 Å². The molecule has 0 radical (unpaired) electrons. The number of hydrogen-bond donors (Lipinski definition) is 1. The molecule has 114 valence electrons. The SMILES string of the molecule is CC1CN(C(C(=O)N2CCCC2)c2cccnc2)CCN1. The molecule has 5 heteroatoms. The zero-order chi connectivity index (χ0) is 14.7. The second kappa shape index (κ2) is 6.54. The topological polar surface area (TPSA) is 48.5 Å². The zero-order valence-electron chi connectivity index (χ0n) is 12.7. The lowest BCUT2D eigenvalue weighted by Crippen LogP contribution is -2.53.